The molecule has 1 aromatic rings. The molecule has 2 rings (SSSR count). The zero-order valence-electron chi connectivity index (χ0n) is 11.3. The molecule has 1 amide bonds. The second-order valence-electron chi connectivity index (χ2n) is 5.39. The number of primary amides is 1. The lowest BCUT2D eigenvalue weighted by atomic mass is 9.94. The first kappa shape index (κ1) is 14.0. The summed E-state index contributed by atoms with van der Waals surface area (Å²) in [5.74, 6) is -0.334. The lowest BCUT2D eigenvalue weighted by Gasteiger charge is -2.35. The van der Waals surface area contributed by atoms with E-state index in [1.165, 1.54) is 12.1 Å². The molecule has 0 spiro atoms. The Hall–Kier alpha value is -1.42. The van der Waals surface area contributed by atoms with Crippen molar-refractivity contribution in [3.05, 3.63) is 35.6 Å². The Morgan fingerprint density at radius 3 is 2.47 bits per heavy atom. The third-order valence-electron chi connectivity index (χ3n) is 4.00. The Morgan fingerprint density at radius 1 is 1.37 bits per heavy atom. The molecule has 104 valence electrons. The molecule has 1 unspecified atom stereocenters. The smallest absolute Gasteiger partial charge is 0.220 e. The highest BCUT2D eigenvalue weighted by Crippen LogP contribution is 2.20. The second-order valence-corrected chi connectivity index (χ2v) is 5.39. The highest BCUT2D eigenvalue weighted by molar-refractivity contribution is 5.76. The summed E-state index contributed by atoms with van der Waals surface area (Å²) in [6.07, 6.45) is 2.60. The van der Waals surface area contributed by atoms with Crippen LogP contribution in [0.1, 0.15) is 25.3 Å². The Balaban J connectivity index is 1.86. The number of nitrogens with two attached hydrogens (primary N) is 1. The minimum absolute atomic E-state index is 0.0364. The van der Waals surface area contributed by atoms with E-state index in [-0.39, 0.29) is 17.6 Å². The van der Waals surface area contributed by atoms with Gasteiger partial charge in [-0.1, -0.05) is 12.1 Å². The van der Waals surface area contributed by atoms with Crippen LogP contribution in [0, 0.1) is 11.7 Å². The molecule has 1 aliphatic heterocycles. The van der Waals surface area contributed by atoms with Crippen LogP contribution in [0.4, 0.5) is 4.39 Å². The lowest BCUT2D eigenvalue weighted by Crippen LogP contribution is -2.43. The first-order valence-corrected chi connectivity index (χ1v) is 6.84. The van der Waals surface area contributed by atoms with Gasteiger partial charge in [0.05, 0.1) is 0 Å². The van der Waals surface area contributed by atoms with Crippen LogP contribution < -0.4 is 5.73 Å². The van der Waals surface area contributed by atoms with E-state index in [4.69, 9.17) is 5.73 Å². The van der Waals surface area contributed by atoms with Gasteiger partial charge in [0.25, 0.3) is 0 Å². The van der Waals surface area contributed by atoms with Gasteiger partial charge in [0.15, 0.2) is 0 Å². The van der Waals surface area contributed by atoms with Crippen LogP contribution >= 0.6 is 0 Å². The van der Waals surface area contributed by atoms with E-state index in [0.717, 1.165) is 37.9 Å². The van der Waals surface area contributed by atoms with Crippen LogP contribution in [0.15, 0.2) is 24.3 Å². The molecule has 2 N–H and O–H groups in total. The Morgan fingerprint density at radius 2 is 1.95 bits per heavy atom. The maximum Gasteiger partial charge on any atom is 0.220 e. The number of carbonyl (C=O) groups excluding carboxylic acids is 1. The fraction of sp³-hybridized carbons (Fsp3) is 0.533. The largest absolute Gasteiger partial charge is 0.369 e. The second kappa shape index (κ2) is 6.15. The standard InChI is InChI=1S/C15H21FN2O/c1-11(10-12-2-4-14(16)5-3-12)18-8-6-13(7-9-18)15(17)19/h2-5,11,13H,6-10H2,1H3,(H2,17,19). The van der Waals surface area contributed by atoms with Crippen molar-refractivity contribution < 1.29 is 9.18 Å². The highest BCUT2D eigenvalue weighted by Gasteiger charge is 2.25. The van der Waals surface area contributed by atoms with Crippen LogP contribution in [-0.4, -0.2) is 29.9 Å². The molecule has 0 aliphatic carbocycles. The molecule has 19 heavy (non-hydrogen) atoms. The zero-order chi connectivity index (χ0) is 13.8. The number of hydrogen-bond donors (Lipinski definition) is 1. The molecule has 0 aromatic heterocycles. The van der Waals surface area contributed by atoms with Gasteiger partial charge >= 0.3 is 0 Å². The van der Waals surface area contributed by atoms with Crippen molar-refractivity contribution in [3.8, 4) is 0 Å². The molecule has 0 bridgehead atoms. The van der Waals surface area contributed by atoms with Crippen LogP contribution in [-0.2, 0) is 11.2 Å². The molecule has 3 nitrogen and oxygen atoms in total. The van der Waals surface area contributed by atoms with Crippen LogP contribution in [0.5, 0.6) is 0 Å². The lowest BCUT2D eigenvalue weighted by molar-refractivity contribution is -0.123. The van der Waals surface area contributed by atoms with E-state index in [1.54, 1.807) is 0 Å². The minimum Gasteiger partial charge on any atom is -0.369 e. The summed E-state index contributed by atoms with van der Waals surface area (Å²) >= 11 is 0. The molecule has 1 saturated heterocycles. The molecular weight excluding hydrogens is 243 g/mol. The summed E-state index contributed by atoms with van der Waals surface area (Å²) in [7, 11) is 0. The Kier molecular flexibility index (Phi) is 4.53. The number of piperidine rings is 1. The van der Waals surface area contributed by atoms with Crippen LogP contribution in [0.3, 0.4) is 0 Å². The third-order valence-corrected chi connectivity index (χ3v) is 4.00. The average molecular weight is 264 g/mol. The van der Waals surface area contributed by atoms with E-state index in [9.17, 15) is 9.18 Å². The predicted octanol–water partition coefficient (Wildman–Crippen LogP) is 1.95. The number of hydrogen-bond acceptors (Lipinski definition) is 2. The molecule has 1 fully saturated rings. The molecule has 4 heteroatoms. The zero-order valence-corrected chi connectivity index (χ0v) is 11.3. The molecule has 1 atom stereocenters. The van der Waals surface area contributed by atoms with Gasteiger partial charge in [0.2, 0.25) is 5.91 Å². The topological polar surface area (TPSA) is 46.3 Å². The average Bonchev–Trinajstić information content (AvgIpc) is 2.41. The van der Waals surface area contributed by atoms with Gasteiger partial charge in [-0.25, -0.2) is 4.39 Å². The molecule has 1 aromatic carbocycles. The molecule has 0 radical (unpaired) electrons. The number of nitrogens with zero attached hydrogens (tertiary/aromatic N) is 1. The van der Waals surface area contributed by atoms with Crippen LogP contribution in [0.25, 0.3) is 0 Å². The first-order valence-electron chi connectivity index (χ1n) is 6.84. The fourth-order valence-corrected chi connectivity index (χ4v) is 2.72. The van der Waals surface area contributed by atoms with Gasteiger partial charge in [0, 0.05) is 12.0 Å². The van der Waals surface area contributed by atoms with E-state index in [1.807, 2.05) is 12.1 Å². The Labute approximate surface area is 113 Å². The first-order chi connectivity index (χ1) is 9.06. The predicted molar refractivity (Wildman–Crippen MR) is 73.1 cm³/mol. The van der Waals surface area contributed by atoms with E-state index in [0.29, 0.717) is 6.04 Å². The van der Waals surface area contributed by atoms with Crippen molar-refractivity contribution >= 4 is 5.91 Å². The summed E-state index contributed by atoms with van der Waals surface area (Å²) in [5.41, 5.74) is 6.48. The quantitative estimate of drug-likeness (QED) is 0.903. The van der Waals surface area contributed by atoms with Crippen LogP contribution in [0.2, 0.25) is 0 Å². The van der Waals surface area contributed by atoms with Crippen molar-refractivity contribution in [2.45, 2.75) is 32.2 Å². The van der Waals surface area contributed by atoms with Gasteiger partial charge < -0.3 is 10.6 Å². The van der Waals surface area contributed by atoms with Gasteiger partial charge in [-0.05, 0) is 57.0 Å². The summed E-state index contributed by atoms with van der Waals surface area (Å²) in [6, 6.07) is 7.08. The molecule has 0 saturated carbocycles. The summed E-state index contributed by atoms with van der Waals surface area (Å²) < 4.78 is 12.8. The Bertz CT molecular complexity index is 424. The van der Waals surface area contributed by atoms with Gasteiger partial charge in [-0.3, -0.25) is 4.79 Å². The number of rotatable bonds is 4. The molecule has 1 heterocycles. The normalized spacial score (nSPS) is 19.3. The van der Waals surface area contributed by atoms with Crippen molar-refractivity contribution in [2.24, 2.45) is 11.7 Å². The molecular formula is C15H21FN2O. The number of amides is 1. The third kappa shape index (κ3) is 3.77. The molecule has 1 aliphatic rings. The van der Waals surface area contributed by atoms with E-state index < -0.39 is 0 Å². The summed E-state index contributed by atoms with van der Waals surface area (Å²) in [6.45, 7) is 4.00. The summed E-state index contributed by atoms with van der Waals surface area (Å²) in [4.78, 5) is 13.5. The number of carbonyl (C=O) groups is 1. The maximum absolute atomic E-state index is 12.8. The maximum atomic E-state index is 12.8. The van der Waals surface area contributed by atoms with E-state index in [2.05, 4.69) is 11.8 Å². The van der Waals surface area contributed by atoms with Gasteiger partial charge in [-0.15, -0.1) is 0 Å². The van der Waals surface area contributed by atoms with E-state index >= 15 is 0 Å². The van der Waals surface area contributed by atoms with Gasteiger partial charge in [-0.2, -0.15) is 0 Å². The minimum atomic E-state index is -0.196. The van der Waals surface area contributed by atoms with Crippen molar-refractivity contribution in [1.82, 2.24) is 4.90 Å². The fourth-order valence-electron chi connectivity index (χ4n) is 2.72. The number of likely N-dealkylation sites (tertiary alicyclic amines) is 1. The van der Waals surface area contributed by atoms with Crippen molar-refractivity contribution in [1.29, 1.82) is 0 Å². The number of halogens is 1. The van der Waals surface area contributed by atoms with Crippen molar-refractivity contribution in [2.75, 3.05) is 13.1 Å². The monoisotopic (exact) mass is 264 g/mol. The van der Waals surface area contributed by atoms with Gasteiger partial charge in [0.1, 0.15) is 5.82 Å². The van der Waals surface area contributed by atoms with Crippen molar-refractivity contribution in [3.63, 3.8) is 0 Å². The SMILES string of the molecule is CC(Cc1ccc(F)cc1)N1CCC(C(N)=O)CC1. The summed E-state index contributed by atoms with van der Waals surface area (Å²) in [5, 5.41) is 0. The number of benzene rings is 1. The highest BCUT2D eigenvalue weighted by atomic mass is 19.1.